The van der Waals surface area contributed by atoms with E-state index in [0.29, 0.717) is 11.0 Å². The van der Waals surface area contributed by atoms with Crippen LogP contribution in [0.25, 0.3) is 0 Å². The second-order valence-electron chi connectivity index (χ2n) is 2.97. The van der Waals surface area contributed by atoms with E-state index in [-0.39, 0.29) is 18.3 Å². The van der Waals surface area contributed by atoms with Gasteiger partial charge in [-0.3, -0.25) is 4.79 Å². The van der Waals surface area contributed by atoms with Crippen molar-refractivity contribution in [3.05, 3.63) is 28.2 Å². The smallest absolute Gasteiger partial charge is 0.319 e. The van der Waals surface area contributed by atoms with E-state index >= 15 is 0 Å². The molecule has 5 heteroatoms. The van der Waals surface area contributed by atoms with Crippen LogP contribution in [-0.4, -0.2) is 24.7 Å². The minimum Gasteiger partial charge on any atom is -0.507 e. The monoisotopic (exact) mass is 273 g/mol. The van der Waals surface area contributed by atoms with E-state index in [1.807, 2.05) is 0 Å². The van der Waals surface area contributed by atoms with Crippen molar-refractivity contribution in [2.24, 2.45) is 0 Å². The van der Waals surface area contributed by atoms with Crippen LogP contribution in [0.15, 0.2) is 22.7 Å². The van der Waals surface area contributed by atoms with Gasteiger partial charge in [0.05, 0.1) is 18.1 Å². The Morgan fingerprint density at radius 2 is 2.33 bits per heavy atom. The van der Waals surface area contributed by atoms with E-state index in [4.69, 9.17) is 0 Å². The second-order valence-corrected chi connectivity index (χ2v) is 3.82. The van der Waals surface area contributed by atoms with E-state index in [0.717, 1.165) is 5.56 Å². The van der Waals surface area contributed by atoms with Gasteiger partial charge in [0.15, 0.2) is 0 Å². The molecule has 0 atom stereocenters. The average molecular weight is 274 g/mol. The SMILES string of the molecule is COC(=O)CNCc1ccc(O)c(Br)c1. The number of hydrogen-bond acceptors (Lipinski definition) is 4. The van der Waals surface area contributed by atoms with Crippen molar-refractivity contribution >= 4 is 21.9 Å². The van der Waals surface area contributed by atoms with Gasteiger partial charge in [0, 0.05) is 6.54 Å². The Bertz CT molecular complexity index is 355. The summed E-state index contributed by atoms with van der Waals surface area (Å²) in [6.45, 7) is 0.725. The number of phenolic OH excluding ortho intramolecular Hbond substituents is 1. The predicted molar refractivity (Wildman–Crippen MR) is 59.5 cm³/mol. The molecule has 1 aromatic carbocycles. The third-order valence-electron chi connectivity index (χ3n) is 1.84. The first-order chi connectivity index (χ1) is 7.13. The number of rotatable bonds is 4. The molecule has 0 saturated carbocycles. The van der Waals surface area contributed by atoms with E-state index < -0.39 is 0 Å². The Morgan fingerprint density at radius 1 is 1.60 bits per heavy atom. The highest BCUT2D eigenvalue weighted by atomic mass is 79.9. The Hall–Kier alpha value is -1.07. The Labute approximate surface area is 96.4 Å². The number of carbonyl (C=O) groups is 1. The van der Waals surface area contributed by atoms with E-state index in [9.17, 15) is 9.90 Å². The molecule has 0 saturated heterocycles. The molecule has 0 amide bonds. The molecular weight excluding hydrogens is 262 g/mol. The summed E-state index contributed by atoms with van der Waals surface area (Å²) >= 11 is 3.21. The lowest BCUT2D eigenvalue weighted by atomic mass is 10.2. The molecule has 0 bridgehead atoms. The van der Waals surface area contributed by atoms with Crippen LogP contribution in [0.3, 0.4) is 0 Å². The van der Waals surface area contributed by atoms with Gasteiger partial charge in [0.1, 0.15) is 5.75 Å². The van der Waals surface area contributed by atoms with Crippen molar-refractivity contribution < 1.29 is 14.6 Å². The molecule has 0 aliphatic carbocycles. The molecule has 82 valence electrons. The van der Waals surface area contributed by atoms with Crippen LogP contribution >= 0.6 is 15.9 Å². The van der Waals surface area contributed by atoms with Gasteiger partial charge in [-0.25, -0.2) is 0 Å². The topological polar surface area (TPSA) is 58.6 Å². The number of methoxy groups -OCH3 is 1. The summed E-state index contributed by atoms with van der Waals surface area (Å²) in [7, 11) is 1.35. The van der Waals surface area contributed by atoms with Crippen molar-refractivity contribution in [3.8, 4) is 5.75 Å². The molecule has 0 aliphatic heterocycles. The van der Waals surface area contributed by atoms with Crippen molar-refractivity contribution in [2.75, 3.05) is 13.7 Å². The lowest BCUT2D eigenvalue weighted by Crippen LogP contribution is -2.23. The van der Waals surface area contributed by atoms with Gasteiger partial charge in [-0.05, 0) is 33.6 Å². The van der Waals surface area contributed by atoms with Crippen molar-refractivity contribution in [1.82, 2.24) is 5.32 Å². The number of ether oxygens (including phenoxy) is 1. The van der Waals surface area contributed by atoms with Crippen LogP contribution in [0.4, 0.5) is 0 Å². The maximum Gasteiger partial charge on any atom is 0.319 e. The second kappa shape index (κ2) is 5.72. The fourth-order valence-electron chi connectivity index (χ4n) is 1.04. The number of phenols is 1. The third kappa shape index (κ3) is 3.89. The van der Waals surface area contributed by atoms with Gasteiger partial charge < -0.3 is 15.2 Å². The third-order valence-corrected chi connectivity index (χ3v) is 2.47. The lowest BCUT2D eigenvalue weighted by Gasteiger charge is -2.04. The standard InChI is InChI=1S/C10H12BrNO3/c1-15-10(14)6-12-5-7-2-3-9(13)8(11)4-7/h2-4,12-13H,5-6H2,1H3. The predicted octanol–water partition coefficient (Wildman–Crippen LogP) is 1.42. The molecule has 15 heavy (non-hydrogen) atoms. The molecule has 0 aliphatic rings. The van der Waals surface area contributed by atoms with Crippen molar-refractivity contribution in [2.45, 2.75) is 6.54 Å². The summed E-state index contributed by atoms with van der Waals surface area (Å²) in [5.74, 6) is -0.0976. The highest BCUT2D eigenvalue weighted by Crippen LogP contribution is 2.23. The molecule has 0 unspecified atom stereocenters. The van der Waals surface area contributed by atoms with Crippen LogP contribution < -0.4 is 5.32 Å². The fraction of sp³-hybridized carbons (Fsp3) is 0.300. The molecule has 0 spiro atoms. The first-order valence-corrected chi connectivity index (χ1v) is 5.17. The quantitative estimate of drug-likeness (QED) is 0.815. The molecule has 1 rings (SSSR count). The van der Waals surface area contributed by atoms with Crippen LogP contribution in [0.2, 0.25) is 0 Å². The first kappa shape index (κ1) is 12.0. The van der Waals surface area contributed by atoms with Gasteiger partial charge >= 0.3 is 5.97 Å². The average Bonchev–Trinajstić information content (AvgIpc) is 2.23. The largest absolute Gasteiger partial charge is 0.507 e. The lowest BCUT2D eigenvalue weighted by molar-refractivity contribution is -0.139. The zero-order valence-corrected chi connectivity index (χ0v) is 9.87. The number of nitrogens with one attached hydrogen (secondary N) is 1. The van der Waals surface area contributed by atoms with Crippen molar-refractivity contribution in [1.29, 1.82) is 0 Å². The zero-order valence-electron chi connectivity index (χ0n) is 8.29. The van der Waals surface area contributed by atoms with Gasteiger partial charge in [0.25, 0.3) is 0 Å². The molecule has 1 aromatic rings. The number of halogens is 1. The highest BCUT2D eigenvalue weighted by Gasteiger charge is 2.01. The number of aromatic hydroxyl groups is 1. The van der Waals surface area contributed by atoms with E-state index in [1.54, 1.807) is 18.2 Å². The van der Waals surface area contributed by atoms with Gasteiger partial charge in [-0.2, -0.15) is 0 Å². The van der Waals surface area contributed by atoms with Crippen LogP contribution in [0.5, 0.6) is 5.75 Å². The van der Waals surface area contributed by atoms with Crippen molar-refractivity contribution in [3.63, 3.8) is 0 Å². The summed E-state index contributed by atoms with van der Waals surface area (Å²) < 4.78 is 5.12. The molecule has 2 N–H and O–H groups in total. The van der Waals surface area contributed by atoms with Crippen LogP contribution in [0.1, 0.15) is 5.56 Å². The highest BCUT2D eigenvalue weighted by molar-refractivity contribution is 9.10. The van der Waals surface area contributed by atoms with Gasteiger partial charge in [0.2, 0.25) is 0 Å². The van der Waals surface area contributed by atoms with Crippen LogP contribution in [-0.2, 0) is 16.1 Å². The Kier molecular flexibility index (Phi) is 4.58. The number of carbonyl (C=O) groups excluding carboxylic acids is 1. The number of benzene rings is 1. The maximum absolute atomic E-state index is 10.8. The first-order valence-electron chi connectivity index (χ1n) is 4.38. The van der Waals surface area contributed by atoms with E-state index in [2.05, 4.69) is 26.0 Å². The fourth-order valence-corrected chi connectivity index (χ4v) is 1.47. The molecule has 0 fully saturated rings. The summed E-state index contributed by atoms with van der Waals surface area (Å²) in [6.07, 6.45) is 0. The molecule has 0 aromatic heterocycles. The molecular formula is C10H12BrNO3. The van der Waals surface area contributed by atoms with Gasteiger partial charge in [-0.1, -0.05) is 6.07 Å². The zero-order chi connectivity index (χ0) is 11.3. The van der Waals surface area contributed by atoms with Crippen LogP contribution in [0, 0.1) is 0 Å². The van der Waals surface area contributed by atoms with Gasteiger partial charge in [-0.15, -0.1) is 0 Å². The normalized spacial score (nSPS) is 10.0. The molecule has 4 nitrogen and oxygen atoms in total. The minimum absolute atomic E-state index is 0.176. The Morgan fingerprint density at radius 3 is 2.93 bits per heavy atom. The summed E-state index contributed by atoms with van der Waals surface area (Å²) in [5.41, 5.74) is 0.976. The summed E-state index contributed by atoms with van der Waals surface area (Å²) in [6, 6.07) is 5.17. The maximum atomic E-state index is 10.8. The summed E-state index contributed by atoms with van der Waals surface area (Å²) in [4.78, 5) is 10.8. The van der Waals surface area contributed by atoms with E-state index in [1.165, 1.54) is 7.11 Å². The Balaban J connectivity index is 2.44. The number of esters is 1. The molecule has 0 radical (unpaired) electrons. The summed E-state index contributed by atoms with van der Waals surface area (Å²) in [5, 5.41) is 12.2. The molecule has 0 heterocycles. The number of hydrogen-bond donors (Lipinski definition) is 2. The minimum atomic E-state index is -0.298.